The number of rotatable bonds is 5. The van der Waals surface area contributed by atoms with E-state index in [0.29, 0.717) is 5.88 Å². The highest BCUT2D eigenvalue weighted by Gasteiger charge is 2.09. The molecule has 0 aliphatic heterocycles. The van der Waals surface area contributed by atoms with E-state index in [9.17, 15) is 0 Å². The number of benzene rings is 1. The summed E-state index contributed by atoms with van der Waals surface area (Å²) in [6.07, 6.45) is 4.77. The van der Waals surface area contributed by atoms with Gasteiger partial charge in [-0.2, -0.15) is 5.10 Å². The van der Waals surface area contributed by atoms with Gasteiger partial charge in [0.1, 0.15) is 5.82 Å². The fourth-order valence-electron chi connectivity index (χ4n) is 2.33. The van der Waals surface area contributed by atoms with Crippen LogP contribution in [0.5, 0.6) is 0 Å². The number of halogens is 2. The van der Waals surface area contributed by atoms with Crippen LogP contribution in [0.25, 0.3) is 11.0 Å². The Kier molecular flexibility index (Phi) is 4.08. The van der Waals surface area contributed by atoms with Crippen LogP contribution in [0.3, 0.4) is 0 Å². The number of alkyl halides is 1. The summed E-state index contributed by atoms with van der Waals surface area (Å²) in [4.78, 5) is 4.59. The molecule has 20 heavy (non-hydrogen) atoms. The largest absolute Gasteiger partial charge is 0.327 e. The monoisotopic (exact) mass is 352 g/mol. The second-order valence-corrected chi connectivity index (χ2v) is 5.75. The van der Waals surface area contributed by atoms with Crippen LogP contribution in [0, 0.1) is 0 Å². The van der Waals surface area contributed by atoms with E-state index in [1.807, 2.05) is 29.1 Å². The van der Waals surface area contributed by atoms with Crippen molar-refractivity contribution in [3.8, 4) is 0 Å². The summed E-state index contributed by atoms with van der Waals surface area (Å²) in [5.41, 5.74) is 2.11. The van der Waals surface area contributed by atoms with E-state index in [2.05, 4.69) is 36.6 Å². The smallest absolute Gasteiger partial charge is 0.124 e. The van der Waals surface area contributed by atoms with Gasteiger partial charge in [0.2, 0.25) is 0 Å². The lowest BCUT2D eigenvalue weighted by Crippen LogP contribution is -2.06. The van der Waals surface area contributed by atoms with Crippen molar-refractivity contribution in [3.05, 3.63) is 47.0 Å². The van der Waals surface area contributed by atoms with Crippen molar-refractivity contribution < 1.29 is 0 Å². The molecule has 104 valence electrons. The molecule has 0 amide bonds. The van der Waals surface area contributed by atoms with Crippen molar-refractivity contribution in [3.63, 3.8) is 0 Å². The Morgan fingerprint density at radius 3 is 2.90 bits per heavy atom. The first-order valence-electron chi connectivity index (χ1n) is 6.46. The van der Waals surface area contributed by atoms with Crippen LogP contribution in [-0.2, 0) is 19.0 Å². The minimum absolute atomic E-state index is 0.425. The highest BCUT2D eigenvalue weighted by atomic mass is 79.9. The number of hydrogen-bond acceptors (Lipinski definition) is 2. The molecular weight excluding hydrogens is 340 g/mol. The molecule has 0 aliphatic carbocycles. The second-order valence-electron chi connectivity index (χ2n) is 4.57. The number of nitrogens with zero attached hydrogens (tertiary/aromatic N) is 4. The average Bonchev–Trinajstić information content (AvgIpc) is 3.06. The Morgan fingerprint density at radius 1 is 1.25 bits per heavy atom. The molecule has 0 aliphatic rings. The quantitative estimate of drug-likeness (QED) is 0.654. The molecule has 6 heteroatoms. The average molecular weight is 354 g/mol. The Hall–Kier alpha value is -1.33. The number of fused-ring (bicyclic) bond motifs is 1. The topological polar surface area (TPSA) is 35.6 Å². The zero-order valence-electron chi connectivity index (χ0n) is 10.8. The zero-order chi connectivity index (χ0) is 13.9. The molecule has 0 saturated heterocycles. The van der Waals surface area contributed by atoms with Crippen molar-refractivity contribution >= 4 is 38.6 Å². The van der Waals surface area contributed by atoms with Crippen molar-refractivity contribution in [1.29, 1.82) is 0 Å². The molecule has 0 atom stereocenters. The lowest BCUT2D eigenvalue weighted by molar-refractivity contribution is 0.526. The Morgan fingerprint density at radius 2 is 2.15 bits per heavy atom. The van der Waals surface area contributed by atoms with Gasteiger partial charge in [0.15, 0.2) is 0 Å². The van der Waals surface area contributed by atoms with E-state index in [1.54, 1.807) is 6.20 Å². The van der Waals surface area contributed by atoms with E-state index in [0.717, 1.165) is 40.8 Å². The minimum atomic E-state index is 0.425. The number of hydrogen-bond donors (Lipinski definition) is 0. The molecule has 0 fully saturated rings. The van der Waals surface area contributed by atoms with Crippen LogP contribution in [0.2, 0.25) is 0 Å². The highest BCUT2D eigenvalue weighted by molar-refractivity contribution is 9.10. The standard InChI is InChI=1S/C14H14BrClN4/c15-11-3-4-13-12(9-11)18-14(10-16)20(13)8-2-7-19-6-1-5-17-19/h1,3-6,9H,2,7-8,10H2. The maximum Gasteiger partial charge on any atom is 0.124 e. The predicted octanol–water partition coefficient (Wildman–Crippen LogP) is 3.82. The fourth-order valence-corrected chi connectivity index (χ4v) is 2.88. The lowest BCUT2D eigenvalue weighted by Gasteiger charge is -2.08. The lowest BCUT2D eigenvalue weighted by atomic mass is 10.3. The summed E-state index contributed by atoms with van der Waals surface area (Å²) in [5.74, 6) is 1.34. The van der Waals surface area contributed by atoms with Gasteiger partial charge in [0.05, 0.1) is 16.9 Å². The first-order valence-corrected chi connectivity index (χ1v) is 7.79. The van der Waals surface area contributed by atoms with Crippen LogP contribution < -0.4 is 0 Å². The SMILES string of the molecule is ClCc1nc2cc(Br)ccc2n1CCCn1cccn1. The minimum Gasteiger partial charge on any atom is -0.327 e. The van der Waals surface area contributed by atoms with Crippen LogP contribution in [0.1, 0.15) is 12.2 Å². The Bertz CT molecular complexity index is 705. The molecule has 2 aromatic heterocycles. The maximum absolute atomic E-state index is 6.01. The molecule has 0 bridgehead atoms. The number of aryl methyl sites for hydroxylation is 2. The summed E-state index contributed by atoms with van der Waals surface area (Å²) < 4.78 is 5.17. The number of aromatic nitrogens is 4. The zero-order valence-corrected chi connectivity index (χ0v) is 13.2. The van der Waals surface area contributed by atoms with Crippen LogP contribution in [-0.4, -0.2) is 19.3 Å². The van der Waals surface area contributed by atoms with Crippen molar-refractivity contribution in [2.45, 2.75) is 25.4 Å². The third kappa shape index (κ3) is 2.74. The first kappa shape index (κ1) is 13.6. The second kappa shape index (κ2) is 5.97. The van der Waals surface area contributed by atoms with Gasteiger partial charge < -0.3 is 4.57 Å². The molecule has 4 nitrogen and oxygen atoms in total. The van der Waals surface area contributed by atoms with Gasteiger partial charge in [-0.25, -0.2) is 4.98 Å². The number of imidazole rings is 1. The molecule has 2 heterocycles. The molecular formula is C14H14BrClN4. The normalized spacial score (nSPS) is 11.3. The van der Waals surface area contributed by atoms with E-state index >= 15 is 0 Å². The van der Waals surface area contributed by atoms with E-state index in [-0.39, 0.29) is 0 Å². The molecule has 0 unspecified atom stereocenters. The van der Waals surface area contributed by atoms with Gasteiger partial charge in [-0.15, -0.1) is 11.6 Å². The molecule has 0 N–H and O–H groups in total. The molecule has 0 radical (unpaired) electrons. The van der Waals surface area contributed by atoms with E-state index in [1.165, 1.54) is 0 Å². The maximum atomic E-state index is 6.01. The molecule has 0 saturated carbocycles. The summed E-state index contributed by atoms with van der Waals surface area (Å²) in [6.45, 7) is 1.78. The van der Waals surface area contributed by atoms with Gasteiger partial charge in [-0.05, 0) is 30.7 Å². The van der Waals surface area contributed by atoms with Gasteiger partial charge in [-0.1, -0.05) is 15.9 Å². The molecule has 3 aromatic rings. The summed E-state index contributed by atoms with van der Waals surface area (Å²) in [6, 6.07) is 8.08. The fraction of sp³-hybridized carbons (Fsp3) is 0.286. The third-order valence-electron chi connectivity index (χ3n) is 3.24. The van der Waals surface area contributed by atoms with Crippen LogP contribution in [0.15, 0.2) is 41.1 Å². The highest BCUT2D eigenvalue weighted by Crippen LogP contribution is 2.22. The summed E-state index contributed by atoms with van der Waals surface area (Å²) >= 11 is 9.48. The molecule has 1 aromatic carbocycles. The third-order valence-corrected chi connectivity index (χ3v) is 3.97. The Balaban J connectivity index is 1.82. The van der Waals surface area contributed by atoms with Gasteiger partial charge in [0.25, 0.3) is 0 Å². The predicted molar refractivity (Wildman–Crippen MR) is 83.8 cm³/mol. The van der Waals surface area contributed by atoms with Gasteiger partial charge >= 0.3 is 0 Å². The molecule has 0 spiro atoms. The van der Waals surface area contributed by atoms with Gasteiger partial charge in [0, 0.05) is 30.0 Å². The summed E-state index contributed by atoms with van der Waals surface area (Å²) in [7, 11) is 0. The van der Waals surface area contributed by atoms with Crippen molar-refractivity contribution in [2.24, 2.45) is 0 Å². The van der Waals surface area contributed by atoms with Crippen LogP contribution in [0.4, 0.5) is 0 Å². The molecule has 3 rings (SSSR count). The van der Waals surface area contributed by atoms with Crippen molar-refractivity contribution in [2.75, 3.05) is 0 Å². The summed E-state index contributed by atoms with van der Waals surface area (Å²) in [5, 5.41) is 4.21. The van der Waals surface area contributed by atoms with Gasteiger partial charge in [-0.3, -0.25) is 4.68 Å². The Labute approximate surface area is 130 Å². The van der Waals surface area contributed by atoms with E-state index < -0.39 is 0 Å². The van der Waals surface area contributed by atoms with Crippen LogP contribution >= 0.6 is 27.5 Å². The first-order chi connectivity index (χ1) is 9.78. The van der Waals surface area contributed by atoms with Crippen molar-refractivity contribution in [1.82, 2.24) is 19.3 Å². The van der Waals surface area contributed by atoms with E-state index in [4.69, 9.17) is 11.6 Å².